The van der Waals surface area contributed by atoms with Crippen molar-refractivity contribution >= 4 is 11.3 Å². The van der Waals surface area contributed by atoms with E-state index in [0.29, 0.717) is 11.3 Å². The number of aryl methyl sites for hydroxylation is 1. The SMILES string of the molecule is CC(N)C1c2sccc2CCC1(C)C. The number of hydrogen-bond acceptors (Lipinski definition) is 2. The van der Waals surface area contributed by atoms with E-state index in [9.17, 15) is 0 Å². The smallest absolute Gasteiger partial charge is 0.0136 e. The minimum atomic E-state index is 0.266. The Morgan fingerprint density at radius 2 is 2.29 bits per heavy atom. The normalized spacial score (nSPS) is 27.0. The molecule has 14 heavy (non-hydrogen) atoms. The predicted octanol–water partition coefficient (Wildman–Crippen LogP) is 3.15. The van der Waals surface area contributed by atoms with Gasteiger partial charge in [0.2, 0.25) is 0 Å². The summed E-state index contributed by atoms with van der Waals surface area (Å²) >= 11 is 1.88. The van der Waals surface area contributed by atoms with Crippen molar-refractivity contribution in [1.29, 1.82) is 0 Å². The third-order valence-electron chi connectivity index (χ3n) is 3.47. The van der Waals surface area contributed by atoms with E-state index in [-0.39, 0.29) is 6.04 Å². The lowest BCUT2D eigenvalue weighted by atomic mass is 9.67. The fourth-order valence-corrected chi connectivity index (χ4v) is 4.13. The van der Waals surface area contributed by atoms with Crippen LogP contribution in [0.3, 0.4) is 0 Å². The van der Waals surface area contributed by atoms with Gasteiger partial charge in [0.15, 0.2) is 0 Å². The first-order chi connectivity index (χ1) is 6.52. The van der Waals surface area contributed by atoms with Gasteiger partial charge in [-0.05, 0) is 42.2 Å². The Morgan fingerprint density at radius 1 is 1.57 bits per heavy atom. The van der Waals surface area contributed by atoms with Crippen LogP contribution in [0.4, 0.5) is 0 Å². The summed E-state index contributed by atoms with van der Waals surface area (Å²) in [7, 11) is 0. The molecule has 1 aliphatic rings. The molecule has 0 aromatic carbocycles. The Balaban J connectivity index is 2.44. The first kappa shape index (κ1) is 10.2. The third kappa shape index (κ3) is 1.51. The number of fused-ring (bicyclic) bond motifs is 1. The van der Waals surface area contributed by atoms with Gasteiger partial charge in [0.25, 0.3) is 0 Å². The molecule has 2 unspecified atom stereocenters. The monoisotopic (exact) mass is 209 g/mol. The number of hydrogen-bond donors (Lipinski definition) is 1. The lowest BCUT2D eigenvalue weighted by molar-refractivity contribution is 0.225. The molecule has 78 valence electrons. The van der Waals surface area contributed by atoms with Crippen molar-refractivity contribution < 1.29 is 0 Å². The summed E-state index contributed by atoms with van der Waals surface area (Å²) < 4.78 is 0. The Morgan fingerprint density at radius 3 is 2.93 bits per heavy atom. The van der Waals surface area contributed by atoms with E-state index in [1.54, 1.807) is 0 Å². The van der Waals surface area contributed by atoms with Crippen LogP contribution in [0.2, 0.25) is 0 Å². The standard InChI is InChI=1S/C12H19NS/c1-8(13)10-11-9(5-7-14-11)4-6-12(10,2)3/h5,7-8,10H,4,6,13H2,1-3H3. The van der Waals surface area contributed by atoms with E-state index in [0.717, 1.165) is 0 Å². The third-order valence-corrected chi connectivity index (χ3v) is 4.51. The molecule has 0 bridgehead atoms. The van der Waals surface area contributed by atoms with Crippen LogP contribution >= 0.6 is 11.3 Å². The quantitative estimate of drug-likeness (QED) is 0.755. The summed E-state index contributed by atoms with van der Waals surface area (Å²) in [6.07, 6.45) is 2.50. The number of rotatable bonds is 1. The van der Waals surface area contributed by atoms with Crippen LogP contribution < -0.4 is 5.73 Å². The maximum atomic E-state index is 6.12. The second kappa shape index (κ2) is 3.35. The molecular formula is C12H19NS. The van der Waals surface area contributed by atoms with Crippen LogP contribution in [0.15, 0.2) is 11.4 Å². The van der Waals surface area contributed by atoms with Gasteiger partial charge in [-0.3, -0.25) is 0 Å². The van der Waals surface area contributed by atoms with Crippen molar-refractivity contribution in [3.8, 4) is 0 Å². The molecule has 1 aromatic heterocycles. The van der Waals surface area contributed by atoms with Gasteiger partial charge in [-0.2, -0.15) is 0 Å². The lowest BCUT2D eigenvalue weighted by Crippen LogP contribution is -2.38. The fourth-order valence-electron chi connectivity index (χ4n) is 2.74. The van der Waals surface area contributed by atoms with Crippen molar-refractivity contribution in [2.45, 2.75) is 45.6 Å². The summed E-state index contributed by atoms with van der Waals surface area (Å²) in [5, 5.41) is 2.21. The molecule has 2 rings (SSSR count). The van der Waals surface area contributed by atoms with Crippen LogP contribution in [0.25, 0.3) is 0 Å². The van der Waals surface area contributed by atoms with E-state index >= 15 is 0 Å². The second-order valence-corrected chi connectivity index (χ2v) is 6.08. The van der Waals surface area contributed by atoms with E-state index in [1.165, 1.54) is 23.3 Å². The van der Waals surface area contributed by atoms with E-state index in [2.05, 4.69) is 32.2 Å². The van der Waals surface area contributed by atoms with Gasteiger partial charge < -0.3 is 5.73 Å². The minimum Gasteiger partial charge on any atom is -0.327 e. The Labute approximate surface area is 90.3 Å². The van der Waals surface area contributed by atoms with Gasteiger partial charge in [0.05, 0.1) is 0 Å². The van der Waals surface area contributed by atoms with Gasteiger partial charge in [0, 0.05) is 16.8 Å². The summed E-state index contributed by atoms with van der Waals surface area (Å²) in [6.45, 7) is 6.84. The first-order valence-corrected chi connectivity index (χ1v) is 6.22. The maximum Gasteiger partial charge on any atom is 0.0136 e. The molecule has 1 aromatic rings. The van der Waals surface area contributed by atoms with Gasteiger partial charge in [0.1, 0.15) is 0 Å². The van der Waals surface area contributed by atoms with Crippen molar-refractivity contribution in [2.24, 2.45) is 11.1 Å². The van der Waals surface area contributed by atoms with Crippen LogP contribution in [-0.4, -0.2) is 6.04 Å². The second-order valence-electron chi connectivity index (χ2n) is 5.14. The highest BCUT2D eigenvalue weighted by molar-refractivity contribution is 7.10. The molecule has 2 N–H and O–H groups in total. The maximum absolute atomic E-state index is 6.12. The summed E-state index contributed by atoms with van der Waals surface area (Å²) in [6, 6.07) is 2.53. The summed E-state index contributed by atoms with van der Waals surface area (Å²) in [5.41, 5.74) is 8.03. The molecule has 0 saturated heterocycles. The molecule has 2 heteroatoms. The largest absolute Gasteiger partial charge is 0.327 e. The van der Waals surface area contributed by atoms with Crippen LogP contribution in [0, 0.1) is 5.41 Å². The fraction of sp³-hybridized carbons (Fsp3) is 0.667. The molecule has 1 heterocycles. The van der Waals surface area contributed by atoms with E-state index in [4.69, 9.17) is 5.73 Å². The van der Waals surface area contributed by atoms with Crippen LogP contribution in [0.5, 0.6) is 0 Å². The van der Waals surface area contributed by atoms with Crippen LogP contribution in [0.1, 0.15) is 43.6 Å². The van der Waals surface area contributed by atoms with Gasteiger partial charge in [-0.1, -0.05) is 13.8 Å². The van der Waals surface area contributed by atoms with Crippen molar-refractivity contribution in [1.82, 2.24) is 0 Å². The predicted molar refractivity (Wildman–Crippen MR) is 62.8 cm³/mol. The Kier molecular flexibility index (Phi) is 2.44. The van der Waals surface area contributed by atoms with E-state index < -0.39 is 0 Å². The average Bonchev–Trinajstić information content (AvgIpc) is 2.48. The first-order valence-electron chi connectivity index (χ1n) is 5.34. The molecule has 0 saturated carbocycles. The molecule has 0 fully saturated rings. The van der Waals surface area contributed by atoms with Crippen molar-refractivity contribution in [3.05, 3.63) is 21.9 Å². The molecule has 2 atom stereocenters. The molecular weight excluding hydrogens is 190 g/mol. The molecule has 0 radical (unpaired) electrons. The molecule has 0 amide bonds. The number of nitrogens with two attached hydrogens (primary N) is 1. The molecule has 1 nitrogen and oxygen atoms in total. The zero-order valence-corrected chi connectivity index (χ0v) is 10.0. The summed E-state index contributed by atoms with van der Waals surface area (Å²) in [5.74, 6) is 0.547. The summed E-state index contributed by atoms with van der Waals surface area (Å²) in [4.78, 5) is 1.54. The topological polar surface area (TPSA) is 26.0 Å². The van der Waals surface area contributed by atoms with Gasteiger partial charge in [-0.25, -0.2) is 0 Å². The highest BCUT2D eigenvalue weighted by Gasteiger charge is 2.38. The lowest BCUT2D eigenvalue weighted by Gasteiger charge is -2.40. The van der Waals surface area contributed by atoms with Crippen LogP contribution in [-0.2, 0) is 6.42 Å². The van der Waals surface area contributed by atoms with E-state index in [1.807, 2.05) is 11.3 Å². The highest BCUT2D eigenvalue weighted by atomic mass is 32.1. The Bertz CT molecular complexity index is 325. The van der Waals surface area contributed by atoms with Crippen molar-refractivity contribution in [2.75, 3.05) is 0 Å². The molecule has 0 spiro atoms. The van der Waals surface area contributed by atoms with Gasteiger partial charge in [-0.15, -0.1) is 11.3 Å². The van der Waals surface area contributed by atoms with Crippen molar-refractivity contribution in [3.63, 3.8) is 0 Å². The molecule has 0 aliphatic heterocycles. The number of thiophene rings is 1. The zero-order valence-electron chi connectivity index (χ0n) is 9.21. The Hall–Kier alpha value is -0.340. The van der Waals surface area contributed by atoms with Gasteiger partial charge >= 0.3 is 0 Å². The minimum absolute atomic E-state index is 0.266. The zero-order chi connectivity index (χ0) is 10.3. The average molecular weight is 209 g/mol. The molecule has 1 aliphatic carbocycles. The highest BCUT2D eigenvalue weighted by Crippen LogP contribution is 2.48.